The summed E-state index contributed by atoms with van der Waals surface area (Å²) in [5.41, 5.74) is 0. The first kappa shape index (κ1) is 11.3. The Morgan fingerprint density at radius 2 is 2.13 bits per heavy atom. The average molecular weight is 214 g/mol. The van der Waals surface area contributed by atoms with Gasteiger partial charge in [0.1, 0.15) is 0 Å². The van der Waals surface area contributed by atoms with Crippen molar-refractivity contribution in [3.05, 3.63) is 0 Å². The van der Waals surface area contributed by atoms with Crippen LogP contribution in [0.1, 0.15) is 12.8 Å². The maximum atomic E-state index is 5.77. The van der Waals surface area contributed by atoms with Gasteiger partial charge in [0.2, 0.25) is 0 Å². The van der Waals surface area contributed by atoms with E-state index in [0.29, 0.717) is 6.10 Å². The molecular formula is C11H22N2O2. The van der Waals surface area contributed by atoms with Crippen molar-refractivity contribution in [2.24, 2.45) is 5.92 Å². The second-order valence-corrected chi connectivity index (χ2v) is 4.83. The van der Waals surface area contributed by atoms with E-state index in [1.54, 1.807) is 7.11 Å². The molecule has 1 saturated carbocycles. The van der Waals surface area contributed by atoms with Gasteiger partial charge in [-0.1, -0.05) is 0 Å². The van der Waals surface area contributed by atoms with Crippen molar-refractivity contribution in [3.63, 3.8) is 0 Å². The lowest BCUT2D eigenvalue weighted by Gasteiger charge is -2.32. The van der Waals surface area contributed by atoms with E-state index in [4.69, 9.17) is 9.57 Å². The number of ether oxygens (including phenoxy) is 1. The van der Waals surface area contributed by atoms with Gasteiger partial charge in [-0.25, -0.2) is 0 Å². The largest absolute Gasteiger partial charge is 0.383 e. The fourth-order valence-corrected chi connectivity index (χ4v) is 2.88. The molecule has 1 aliphatic heterocycles. The van der Waals surface area contributed by atoms with Gasteiger partial charge in [0.05, 0.1) is 12.7 Å². The van der Waals surface area contributed by atoms with E-state index in [1.807, 2.05) is 19.2 Å². The molecule has 1 heterocycles. The van der Waals surface area contributed by atoms with Crippen molar-refractivity contribution in [1.29, 1.82) is 0 Å². The smallest absolute Gasteiger partial charge is 0.0848 e. The van der Waals surface area contributed by atoms with Gasteiger partial charge in [-0.3, -0.25) is 9.74 Å². The highest BCUT2D eigenvalue weighted by Gasteiger charge is 2.45. The van der Waals surface area contributed by atoms with Gasteiger partial charge in [-0.05, 0) is 12.8 Å². The second kappa shape index (κ2) is 4.78. The topological polar surface area (TPSA) is 24.9 Å². The molecule has 2 aliphatic rings. The number of piperidine rings is 1. The summed E-state index contributed by atoms with van der Waals surface area (Å²) in [6.45, 7) is 3.11. The summed E-state index contributed by atoms with van der Waals surface area (Å²) >= 11 is 0. The molecule has 4 nitrogen and oxygen atoms in total. The Labute approximate surface area is 92.1 Å². The summed E-state index contributed by atoms with van der Waals surface area (Å²) in [6, 6.07) is 0.732. The first-order chi connectivity index (χ1) is 7.20. The van der Waals surface area contributed by atoms with Crippen LogP contribution >= 0.6 is 0 Å². The van der Waals surface area contributed by atoms with Crippen LogP contribution in [-0.2, 0) is 9.57 Å². The Balaban J connectivity index is 1.78. The molecule has 0 radical (unpaired) electrons. The van der Waals surface area contributed by atoms with Crippen LogP contribution in [0.4, 0.5) is 0 Å². The lowest BCUT2D eigenvalue weighted by molar-refractivity contribution is -0.182. The summed E-state index contributed by atoms with van der Waals surface area (Å²) in [5, 5.41) is 1.84. The standard InChI is InChI=1S/C11H22N2O2/c1-12(2)15-11-7-10-6-9(11)8-13(10)4-5-14-3/h9-11H,4-8H2,1-3H3. The number of fused-ring (bicyclic) bond motifs is 2. The summed E-state index contributed by atoms with van der Waals surface area (Å²) in [4.78, 5) is 8.32. The monoisotopic (exact) mass is 214 g/mol. The number of hydrogen-bond donors (Lipinski definition) is 0. The number of rotatable bonds is 5. The third kappa shape index (κ3) is 2.50. The zero-order chi connectivity index (χ0) is 10.8. The van der Waals surface area contributed by atoms with Crippen LogP contribution in [0.3, 0.4) is 0 Å². The molecule has 3 atom stereocenters. The molecule has 3 unspecified atom stereocenters. The number of nitrogens with zero attached hydrogens (tertiary/aromatic N) is 2. The predicted octanol–water partition coefficient (Wildman–Crippen LogP) is 0.589. The Morgan fingerprint density at radius 1 is 1.33 bits per heavy atom. The fraction of sp³-hybridized carbons (Fsp3) is 1.00. The summed E-state index contributed by atoms with van der Waals surface area (Å²) in [5.74, 6) is 0.731. The number of methoxy groups -OCH3 is 1. The van der Waals surface area contributed by atoms with E-state index < -0.39 is 0 Å². The molecule has 88 valence electrons. The van der Waals surface area contributed by atoms with E-state index in [-0.39, 0.29) is 0 Å². The van der Waals surface area contributed by atoms with E-state index in [0.717, 1.165) is 25.1 Å². The van der Waals surface area contributed by atoms with E-state index >= 15 is 0 Å². The van der Waals surface area contributed by atoms with Gasteiger partial charge in [0.25, 0.3) is 0 Å². The van der Waals surface area contributed by atoms with Crippen LogP contribution in [-0.4, -0.2) is 63.0 Å². The van der Waals surface area contributed by atoms with Crippen LogP contribution in [0.25, 0.3) is 0 Å². The number of likely N-dealkylation sites (tertiary alicyclic amines) is 1. The fourth-order valence-electron chi connectivity index (χ4n) is 2.88. The third-order valence-corrected chi connectivity index (χ3v) is 3.52. The van der Waals surface area contributed by atoms with Gasteiger partial charge >= 0.3 is 0 Å². The van der Waals surface area contributed by atoms with Crippen molar-refractivity contribution >= 4 is 0 Å². The summed E-state index contributed by atoms with van der Waals surface area (Å²) in [7, 11) is 5.70. The molecule has 2 fully saturated rings. The Bertz CT molecular complexity index is 211. The maximum Gasteiger partial charge on any atom is 0.0848 e. The average Bonchev–Trinajstić information content (AvgIpc) is 2.72. The van der Waals surface area contributed by atoms with Crippen molar-refractivity contribution in [2.45, 2.75) is 25.0 Å². The van der Waals surface area contributed by atoms with Crippen LogP contribution < -0.4 is 0 Å². The Hall–Kier alpha value is -0.160. The lowest BCUT2D eigenvalue weighted by atomic mass is 10.1. The maximum absolute atomic E-state index is 5.77. The van der Waals surface area contributed by atoms with Gasteiger partial charge in [0.15, 0.2) is 0 Å². The minimum absolute atomic E-state index is 0.448. The first-order valence-corrected chi connectivity index (χ1v) is 5.77. The van der Waals surface area contributed by atoms with Crippen molar-refractivity contribution in [3.8, 4) is 0 Å². The molecule has 0 spiro atoms. The van der Waals surface area contributed by atoms with Crippen molar-refractivity contribution in [1.82, 2.24) is 9.96 Å². The molecular weight excluding hydrogens is 192 g/mol. The molecule has 2 rings (SSSR count). The van der Waals surface area contributed by atoms with Crippen molar-refractivity contribution in [2.75, 3.05) is 40.9 Å². The molecule has 1 saturated heterocycles. The number of hydroxylamine groups is 2. The van der Waals surface area contributed by atoms with Gasteiger partial charge < -0.3 is 4.74 Å². The predicted molar refractivity (Wildman–Crippen MR) is 58.5 cm³/mol. The molecule has 15 heavy (non-hydrogen) atoms. The van der Waals surface area contributed by atoms with E-state index in [1.165, 1.54) is 19.4 Å². The van der Waals surface area contributed by atoms with Crippen LogP contribution in [0.2, 0.25) is 0 Å². The lowest BCUT2D eigenvalue weighted by Crippen LogP contribution is -2.41. The zero-order valence-electron chi connectivity index (χ0n) is 9.98. The molecule has 0 aromatic carbocycles. The molecule has 0 amide bonds. The van der Waals surface area contributed by atoms with Gasteiger partial charge in [-0.15, -0.1) is 0 Å². The van der Waals surface area contributed by atoms with E-state index in [9.17, 15) is 0 Å². The summed E-state index contributed by atoms with van der Waals surface area (Å²) < 4.78 is 5.12. The normalized spacial score (nSPS) is 35.6. The van der Waals surface area contributed by atoms with Crippen LogP contribution in [0.5, 0.6) is 0 Å². The molecule has 2 bridgehead atoms. The first-order valence-electron chi connectivity index (χ1n) is 5.77. The quantitative estimate of drug-likeness (QED) is 0.625. The molecule has 4 heteroatoms. The Kier molecular flexibility index (Phi) is 3.61. The summed E-state index contributed by atoms with van der Waals surface area (Å²) in [6.07, 6.45) is 2.94. The molecule has 0 aromatic rings. The highest BCUT2D eigenvalue weighted by atomic mass is 16.7. The van der Waals surface area contributed by atoms with Crippen molar-refractivity contribution < 1.29 is 9.57 Å². The second-order valence-electron chi connectivity index (χ2n) is 4.83. The zero-order valence-corrected chi connectivity index (χ0v) is 9.98. The Morgan fingerprint density at radius 3 is 2.67 bits per heavy atom. The number of hydrogen-bond acceptors (Lipinski definition) is 4. The van der Waals surface area contributed by atoms with Gasteiger partial charge in [-0.2, -0.15) is 5.06 Å². The molecule has 1 aliphatic carbocycles. The molecule has 0 N–H and O–H groups in total. The SMILES string of the molecule is COCCN1CC2CC1CC2ON(C)C. The minimum atomic E-state index is 0.448. The minimum Gasteiger partial charge on any atom is -0.383 e. The third-order valence-electron chi connectivity index (χ3n) is 3.52. The van der Waals surface area contributed by atoms with Crippen LogP contribution in [0, 0.1) is 5.92 Å². The highest BCUT2D eigenvalue weighted by molar-refractivity contribution is 4.97. The van der Waals surface area contributed by atoms with E-state index in [2.05, 4.69) is 4.90 Å². The highest BCUT2D eigenvalue weighted by Crippen LogP contribution is 2.39. The van der Waals surface area contributed by atoms with Gasteiger partial charge in [0, 0.05) is 46.3 Å². The molecule has 0 aromatic heterocycles. The van der Waals surface area contributed by atoms with Crippen LogP contribution in [0.15, 0.2) is 0 Å².